The average Bonchev–Trinajstić information content (AvgIpc) is 3.30. The van der Waals surface area contributed by atoms with Gasteiger partial charge in [-0.2, -0.15) is 0 Å². The van der Waals surface area contributed by atoms with Crippen LogP contribution in [0.25, 0.3) is 10.2 Å². The van der Waals surface area contributed by atoms with Crippen LogP contribution in [0.3, 0.4) is 0 Å². The highest BCUT2D eigenvalue weighted by atomic mass is 32.1. The summed E-state index contributed by atoms with van der Waals surface area (Å²) in [5.41, 5.74) is 1.45. The Kier molecular flexibility index (Phi) is 6.61. The van der Waals surface area contributed by atoms with Gasteiger partial charge in [-0.15, -0.1) is 8.78 Å². The second kappa shape index (κ2) is 9.44. The molecular formula is C22H24F2N4O4S. The van der Waals surface area contributed by atoms with Gasteiger partial charge in [0.15, 0.2) is 16.6 Å². The molecule has 8 nitrogen and oxygen atoms in total. The second-order valence-corrected chi connectivity index (χ2v) is 8.91. The molecule has 1 amide bonds. The Morgan fingerprint density at radius 2 is 2.12 bits per heavy atom. The molecule has 1 aromatic heterocycles. The standard InChI is InChI=1S/C22H24F2N4O4S/c1-13(28-7-3-5-15(12-28)14(11-25-2)6-4-8-29)20(30)27-21-26-16-9-17-18(10-19(16)33-21)32-22(23,24)31-17/h4,6,8-11,13,15,25H,3,5,7,12H2,1-2H3,(H,26,27,30)/b6-4-,14-11?. The zero-order chi connectivity index (χ0) is 23.6. The number of aldehydes is 1. The number of benzene rings is 1. The maximum Gasteiger partial charge on any atom is 0.586 e. The number of nitrogens with one attached hydrogen (secondary N) is 2. The van der Waals surface area contributed by atoms with E-state index in [0.29, 0.717) is 21.9 Å². The van der Waals surface area contributed by atoms with Gasteiger partial charge in [0.1, 0.15) is 6.29 Å². The van der Waals surface area contributed by atoms with Crippen LogP contribution < -0.4 is 20.1 Å². The first-order valence-electron chi connectivity index (χ1n) is 10.5. The number of hydrogen-bond donors (Lipinski definition) is 2. The van der Waals surface area contributed by atoms with Crippen molar-refractivity contribution < 1.29 is 27.8 Å². The van der Waals surface area contributed by atoms with E-state index in [2.05, 4.69) is 30.0 Å². The highest BCUT2D eigenvalue weighted by Gasteiger charge is 2.43. The third-order valence-corrected chi connectivity index (χ3v) is 6.60. The van der Waals surface area contributed by atoms with Crippen LogP contribution in [0.4, 0.5) is 13.9 Å². The number of carbonyl (C=O) groups excluding carboxylic acids is 2. The van der Waals surface area contributed by atoms with Gasteiger partial charge in [-0.05, 0) is 50.1 Å². The number of ether oxygens (including phenoxy) is 2. The summed E-state index contributed by atoms with van der Waals surface area (Å²) in [5, 5.41) is 6.22. The summed E-state index contributed by atoms with van der Waals surface area (Å²) in [7, 11) is 1.81. The summed E-state index contributed by atoms with van der Waals surface area (Å²) in [5.74, 6) is -0.155. The van der Waals surface area contributed by atoms with Gasteiger partial charge in [-0.1, -0.05) is 17.4 Å². The van der Waals surface area contributed by atoms with Crippen LogP contribution in [0.5, 0.6) is 11.5 Å². The first kappa shape index (κ1) is 23.1. The zero-order valence-corrected chi connectivity index (χ0v) is 19.0. The molecule has 0 saturated carbocycles. The molecule has 2 N–H and O–H groups in total. The van der Waals surface area contributed by atoms with E-state index in [9.17, 15) is 18.4 Å². The van der Waals surface area contributed by atoms with Crippen molar-refractivity contribution in [1.82, 2.24) is 15.2 Å². The number of rotatable bonds is 7. The number of amides is 1. The second-order valence-electron chi connectivity index (χ2n) is 7.88. The summed E-state index contributed by atoms with van der Waals surface area (Å²) in [6.45, 7) is 3.30. The van der Waals surface area contributed by atoms with E-state index in [1.165, 1.54) is 29.5 Å². The normalized spacial score (nSPS) is 21.3. The number of nitrogens with zero attached hydrogens (tertiary/aromatic N) is 2. The van der Waals surface area contributed by atoms with E-state index in [1.54, 1.807) is 6.08 Å². The molecule has 0 aliphatic carbocycles. The molecule has 2 aliphatic rings. The third-order valence-electron chi connectivity index (χ3n) is 5.67. The minimum absolute atomic E-state index is 0.0594. The lowest BCUT2D eigenvalue weighted by molar-refractivity contribution is -0.286. The molecule has 1 saturated heterocycles. The van der Waals surface area contributed by atoms with Gasteiger partial charge in [-0.25, -0.2) is 4.98 Å². The van der Waals surface area contributed by atoms with Crippen LogP contribution in [0.1, 0.15) is 19.8 Å². The van der Waals surface area contributed by atoms with E-state index in [4.69, 9.17) is 0 Å². The topological polar surface area (TPSA) is 92.8 Å². The molecule has 2 aliphatic heterocycles. The Balaban J connectivity index is 1.43. The van der Waals surface area contributed by atoms with E-state index in [1.807, 2.05) is 20.2 Å². The zero-order valence-electron chi connectivity index (χ0n) is 18.1. The van der Waals surface area contributed by atoms with Gasteiger partial charge in [0.2, 0.25) is 5.91 Å². The number of hydrogen-bond acceptors (Lipinski definition) is 8. The van der Waals surface area contributed by atoms with Crippen molar-refractivity contribution in [1.29, 1.82) is 0 Å². The minimum Gasteiger partial charge on any atom is -0.395 e. The van der Waals surface area contributed by atoms with E-state index >= 15 is 0 Å². The first-order chi connectivity index (χ1) is 15.8. The van der Waals surface area contributed by atoms with Crippen molar-refractivity contribution in [3.05, 3.63) is 36.1 Å². The predicted octanol–water partition coefficient (Wildman–Crippen LogP) is 3.52. The van der Waals surface area contributed by atoms with Crippen LogP contribution in [0.15, 0.2) is 36.1 Å². The van der Waals surface area contributed by atoms with E-state index in [-0.39, 0.29) is 23.3 Å². The Hall–Kier alpha value is -3.05. The van der Waals surface area contributed by atoms with E-state index < -0.39 is 12.3 Å². The van der Waals surface area contributed by atoms with Crippen molar-refractivity contribution in [3.8, 4) is 11.5 Å². The fourth-order valence-electron chi connectivity index (χ4n) is 4.05. The highest BCUT2D eigenvalue weighted by Crippen LogP contribution is 2.44. The van der Waals surface area contributed by atoms with Crippen LogP contribution >= 0.6 is 11.3 Å². The van der Waals surface area contributed by atoms with Gasteiger partial charge in [0, 0.05) is 25.7 Å². The molecule has 1 fully saturated rings. The number of thiazole rings is 1. The van der Waals surface area contributed by atoms with Gasteiger partial charge in [0.05, 0.1) is 16.3 Å². The summed E-state index contributed by atoms with van der Waals surface area (Å²) < 4.78 is 36.0. The lowest BCUT2D eigenvalue weighted by Gasteiger charge is -2.36. The van der Waals surface area contributed by atoms with Gasteiger partial charge < -0.3 is 20.1 Å². The molecule has 2 aromatic rings. The quantitative estimate of drug-likeness (QED) is 0.357. The number of alkyl halides is 2. The lowest BCUT2D eigenvalue weighted by atomic mass is 9.89. The summed E-state index contributed by atoms with van der Waals surface area (Å²) >= 11 is 1.18. The molecule has 11 heteroatoms. The van der Waals surface area contributed by atoms with Crippen molar-refractivity contribution in [2.24, 2.45) is 5.92 Å². The maximum atomic E-state index is 13.2. The Morgan fingerprint density at radius 1 is 1.36 bits per heavy atom. The van der Waals surface area contributed by atoms with Crippen LogP contribution in [0, 0.1) is 5.92 Å². The molecule has 4 rings (SSSR count). The van der Waals surface area contributed by atoms with Crippen LogP contribution in [-0.4, -0.2) is 54.6 Å². The molecule has 0 bridgehead atoms. The van der Waals surface area contributed by atoms with E-state index in [0.717, 1.165) is 31.2 Å². The van der Waals surface area contributed by atoms with Crippen molar-refractivity contribution >= 4 is 38.9 Å². The number of piperidine rings is 1. The smallest absolute Gasteiger partial charge is 0.395 e. The molecule has 3 heterocycles. The maximum absolute atomic E-state index is 13.2. The average molecular weight is 479 g/mol. The van der Waals surface area contributed by atoms with Crippen molar-refractivity contribution in [2.45, 2.75) is 32.1 Å². The lowest BCUT2D eigenvalue weighted by Crippen LogP contribution is -2.47. The number of anilines is 1. The number of allylic oxidation sites excluding steroid dienone is 2. The minimum atomic E-state index is -3.68. The number of carbonyl (C=O) groups is 2. The molecule has 0 spiro atoms. The van der Waals surface area contributed by atoms with Gasteiger partial charge in [0.25, 0.3) is 0 Å². The number of likely N-dealkylation sites (tertiary alicyclic amines) is 1. The summed E-state index contributed by atoms with van der Waals surface area (Å²) in [4.78, 5) is 30.1. The molecule has 176 valence electrons. The molecule has 33 heavy (non-hydrogen) atoms. The first-order valence-corrected chi connectivity index (χ1v) is 11.4. The Labute approximate surface area is 193 Å². The monoisotopic (exact) mass is 478 g/mol. The summed E-state index contributed by atoms with van der Waals surface area (Å²) in [6, 6.07) is 2.40. The largest absolute Gasteiger partial charge is 0.586 e. The molecule has 1 aromatic carbocycles. The Morgan fingerprint density at radius 3 is 2.85 bits per heavy atom. The number of fused-ring (bicyclic) bond motifs is 2. The molecule has 0 radical (unpaired) electrons. The Bertz CT molecular complexity index is 1070. The van der Waals surface area contributed by atoms with Crippen LogP contribution in [0.2, 0.25) is 0 Å². The highest BCUT2D eigenvalue weighted by molar-refractivity contribution is 7.22. The predicted molar refractivity (Wildman–Crippen MR) is 121 cm³/mol. The molecule has 2 atom stereocenters. The number of halogens is 2. The fraction of sp³-hybridized carbons (Fsp3) is 0.409. The number of aromatic nitrogens is 1. The summed E-state index contributed by atoms with van der Waals surface area (Å²) in [6.07, 6.45) is 4.10. The third kappa shape index (κ3) is 5.14. The SMILES string of the molecule is CNC=C(/C=C\C=O)C1CCCN(C(C)C(=O)Nc2nc3cc4c(cc3s2)OC(F)(F)O4)C1. The van der Waals surface area contributed by atoms with Crippen molar-refractivity contribution in [2.75, 3.05) is 25.5 Å². The van der Waals surface area contributed by atoms with Gasteiger partial charge in [-0.3, -0.25) is 14.5 Å². The van der Waals surface area contributed by atoms with Crippen molar-refractivity contribution in [3.63, 3.8) is 0 Å². The molecular weight excluding hydrogens is 454 g/mol. The van der Waals surface area contributed by atoms with Gasteiger partial charge >= 0.3 is 6.29 Å². The van der Waals surface area contributed by atoms with Crippen LogP contribution in [-0.2, 0) is 9.59 Å². The fourth-order valence-corrected chi connectivity index (χ4v) is 4.93. The molecule has 2 unspecified atom stereocenters.